The Labute approximate surface area is 95.4 Å². The maximum absolute atomic E-state index is 5.90. The van der Waals surface area contributed by atoms with Crippen molar-refractivity contribution in [2.24, 2.45) is 5.92 Å². The van der Waals surface area contributed by atoms with Gasteiger partial charge in [-0.05, 0) is 31.0 Å². The molecule has 3 heteroatoms. The van der Waals surface area contributed by atoms with E-state index in [2.05, 4.69) is 26.1 Å². The molecule has 1 N–H and O–H groups in total. The Hall–Kier alpha value is -0.400. The fourth-order valence-corrected chi connectivity index (χ4v) is 1.31. The quantitative estimate of drug-likeness (QED) is 0.811. The van der Waals surface area contributed by atoms with Gasteiger partial charge in [-0.15, -0.1) is 0 Å². The maximum Gasteiger partial charge on any atom is 0.0612 e. The highest BCUT2D eigenvalue weighted by atomic mass is 35.5. The van der Waals surface area contributed by atoms with Crippen molar-refractivity contribution in [1.82, 2.24) is 0 Å². The molecule has 0 aliphatic rings. The number of hydrogen-bond donors (Lipinski definition) is 1. The van der Waals surface area contributed by atoms with Crippen molar-refractivity contribution in [1.29, 1.82) is 0 Å². The molecule has 0 aliphatic carbocycles. The van der Waals surface area contributed by atoms with Gasteiger partial charge in [0.1, 0.15) is 0 Å². The molecule has 0 radical (unpaired) electrons. The van der Waals surface area contributed by atoms with Gasteiger partial charge >= 0.3 is 0 Å². The second-order valence-electron chi connectivity index (χ2n) is 3.81. The van der Waals surface area contributed by atoms with Crippen molar-refractivity contribution in [2.45, 2.75) is 26.8 Å². The van der Waals surface area contributed by atoms with E-state index in [4.69, 9.17) is 23.2 Å². The van der Waals surface area contributed by atoms with Crippen molar-refractivity contribution in [3.63, 3.8) is 0 Å². The standard InChI is InChI=1S/C11H15Cl2N/c1-7(2)8(3)14-9-4-5-10(12)11(13)6-9/h4-8,14H,1-3H3. The van der Waals surface area contributed by atoms with Gasteiger partial charge < -0.3 is 5.32 Å². The molecule has 1 aromatic rings. The molecule has 1 rings (SSSR count). The summed E-state index contributed by atoms with van der Waals surface area (Å²) < 4.78 is 0. The molecule has 1 unspecified atom stereocenters. The molecule has 0 amide bonds. The molecule has 0 heterocycles. The molecule has 14 heavy (non-hydrogen) atoms. The van der Waals surface area contributed by atoms with Crippen molar-refractivity contribution < 1.29 is 0 Å². The summed E-state index contributed by atoms with van der Waals surface area (Å²) in [5.41, 5.74) is 1.01. The normalized spacial score (nSPS) is 13.0. The lowest BCUT2D eigenvalue weighted by atomic mass is 10.1. The lowest BCUT2D eigenvalue weighted by Gasteiger charge is -2.18. The van der Waals surface area contributed by atoms with E-state index in [0.29, 0.717) is 22.0 Å². The summed E-state index contributed by atoms with van der Waals surface area (Å²) in [6.07, 6.45) is 0. The predicted molar refractivity (Wildman–Crippen MR) is 64.4 cm³/mol. The minimum Gasteiger partial charge on any atom is -0.382 e. The van der Waals surface area contributed by atoms with Gasteiger partial charge in [-0.2, -0.15) is 0 Å². The van der Waals surface area contributed by atoms with Crippen LogP contribution in [0.15, 0.2) is 18.2 Å². The van der Waals surface area contributed by atoms with Crippen LogP contribution in [0.2, 0.25) is 10.0 Å². The minimum atomic E-state index is 0.423. The van der Waals surface area contributed by atoms with E-state index in [1.165, 1.54) is 0 Å². The molecule has 1 nitrogen and oxygen atoms in total. The van der Waals surface area contributed by atoms with Crippen LogP contribution < -0.4 is 5.32 Å². The fraction of sp³-hybridized carbons (Fsp3) is 0.455. The zero-order valence-corrected chi connectivity index (χ0v) is 10.2. The molecule has 1 aromatic carbocycles. The van der Waals surface area contributed by atoms with Crippen LogP contribution in [0.3, 0.4) is 0 Å². The second-order valence-corrected chi connectivity index (χ2v) is 4.62. The van der Waals surface area contributed by atoms with Crippen LogP contribution in [0.25, 0.3) is 0 Å². The maximum atomic E-state index is 5.90. The first-order valence-corrected chi connectivity index (χ1v) is 5.48. The summed E-state index contributed by atoms with van der Waals surface area (Å²) in [6, 6.07) is 6.02. The molecular formula is C11H15Cl2N. The van der Waals surface area contributed by atoms with Crippen LogP contribution in [0.4, 0.5) is 5.69 Å². The highest BCUT2D eigenvalue weighted by molar-refractivity contribution is 6.42. The Morgan fingerprint density at radius 2 is 1.71 bits per heavy atom. The van der Waals surface area contributed by atoms with Crippen molar-refractivity contribution in [3.8, 4) is 0 Å². The average Bonchev–Trinajstić information content (AvgIpc) is 2.11. The van der Waals surface area contributed by atoms with Gasteiger partial charge in [0.2, 0.25) is 0 Å². The topological polar surface area (TPSA) is 12.0 Å². The number of nitrogens with one attached hydrogen (secondary N) is 1. The van der Waals surface area contributed by atoms with Gasteiger partial charge in [-0.25, -0.2) is 0 Å². The SMILES string of the molecule is CC(C)C(C)Nc1ccc(Cl)c(Cl)c1. The van der Waals surface area contributed by atoms with Crippen LogP contribution in [0.5, 0.6) is 0 Å². The van der Waals surface area contributed by atoms with E-state index in [1.54, 1.807) is 6.07 Å². The lowest BCUT2D eigenvalue weighted by molar-refractivity contribution is 0.560. The van der Waals surface area contributed by atoms with Gasteiger partial charge in [0.25, 0.3) is 0 Å². The van der Waals surface area contributed by atoms with E-state index in [-0.39, 0.29) is 0 Å². The monoisotopic (exact) mass is 231 g/mol. The molecule has 0 saturated heterocycles. The van der Waals surface area contributed by atoms with Crippen molar-refractivity contribution in [2.75, 3.05) is 5.32 Å². The first kappa shape index (κ1) is 11.7. The zero-order chi connectivity index (χ0) is 10.7. The molecule has 0 aromatic heterocycles. The Bertz CT molecular complexity index is 310. The number of anilines is 1. The third kappa shape index (κ3) is 3.07. The summed E-state index contributed by atoms with van der Waals surface area (Å²) in [7, 11) is 0. The predicted octanol–water partition coefficient (Wildman–Crippen LogP) is 4.45. The van der Waals surface area contributed by atoms with Gasteiger partial charge in [0.05, 0.1) is 10.0 Å². The van der Waals surface area contributed by atoms with Gasteiger partial charge in [-0.1, -0.05) is 37.0 Å². The molecule has 0 saturated carbocycles. The first-order chi connectivity index (χ1) is 6.50. The molecule has 0 spiro atoms. The third-order valence-corrected chi connectivity index (χ3v) is 3.05. The minimum absolute atomic E-state index is 0.423. The van der Waals surface area contributed by atoms with Crippen LogP contribution in [0, 0.1) is 5.92 Å². The molecule has 78 valence electrons. The number of hydrogen-bond acceptors (Lipinski definition) is 1. The lowest BCUT2D eigenvalue weighted by Crippen LogP contribution is -2.21. The summed E-state index contributed by atoms with van der Waals surface area (Å²) in [5, 5.41) is 4.55. The highest BCUT2D eigenvalue weighted by Crippen LogP contribution is 2.25. The van der Waals surface area contributed by atoms with Crippen LogP contribution >= 0.6 is 23.2 Å². The van der Waals surface area contributed by atoms with E-state index < -0.39 is 0 Å². The summed E-state index contributed by atoms with van der Waals surface area (Å²) in [4.78, 5) is 0. The largest absolute Gasteiger partial charge is 0.382 e. The Morgan fingerprint density at radius 3 is 2.21 bits per heavy atom. The number of rotatable bonds is 3. The molecule has 0 fully saturated rings. The Balaban J connectivity index is 2.73. The van der Waals surface area contributed by atoms with Gasteiger partial charge in [0.15, 0.2) is 0 Å². The summed E-state index contributed by atoms with van der Waals surface area (Å²) >= 11 is 11.7. The number of benzene rings is 1. The van der Waals surface area contributed by atoms with E-state index in [9.17, 15) is 0 Å². The molecule has 1 atom stereocenters. The summed E-state index contributed by atoms with van der Waals surface area (Å²) in [5.74, 6) is 0.587. The average molecular weight is 232 g/mol. The van der Waals surface area contributed by atoms with Gasteiger partial charge in [-0.3, -0.25) is 0 Å². The van der Waals surface area contributed by atoms with Crippen LogP contribution in [-0.2, 0) is 0 Å². The zero-order valence-electron chi connectivity index (χ0n) is 8.64. The third-order valence-electron chi connectivity index (χ3n) is 2.31. The van der Waals surface area contributed by atoms with Crippen molar-refractivity contribution >= 4 is 28.9 Å². The Morgan fingerprint density at radius 1 is 1.07 bits per heavy atom. The van der Waals surface area contributed by atoms with Crippen molar-refractivity contribution in [3.05, 3.63) is 28.2 Å². The fourth-order valence-electron chi connectivity index (χ4n) is 1.02. The number of halogens is 2. The smallest absolute Gasteiger partial charge is 0.0612 e. The highest BCUT2D eigenvalue weighted by Gasteiger charge is 2.07. The molecular weight excluding hydrogens is 217 g/mol. The van der Waals surface area contributed by atoms with E-state index in [0.717, 1.165) is 5.69 Å². The van der Waals surface area contributed by atoms with E-state index in [1.807, 2.05) is 12.1 Å². The molecule has 0 aliphatic heterocycles. The first-order valence-electron chi connectivity index (χ1n) is 4.72. The second kappa shape index (κ2) is 4.90. The Kier molecular flexibility index (Phi) is 4.09. The van der Waals surface area contributed by atoms with Gasteiger partial charge in [0, 0.05) is 11.7 Å². The summed E-state index contributed by atoms with van der Waals surface area (Å²) in [6.45, 7) is 6.50. The molecule has 0 bridgehead atoms. The van der Waals surface area contributed by atoms with Crippen LogP contribution in [-0.4, -0.2) is 6.04 Å². The van der Waals surface area contributed by atoms with Crippen LogP contribution in [0.1, 0.15) is 20.8 Å². The van der Waals surface area contributed by atoms with E-state index >= 15 is 0 Å².